The van der Waals surface area contributed by atoms with Gasteiger partial charge in [0, 0.05) is 51.2 Å². The molecule has 12 heteroatoms. The van der Waals surface area contributed by atoms with Crippen LogP contribution in [0.25, 0.3) is 27.5 Å². The molecule has 0 aliphatic carbocycles. The Morgan fingerprint density at radius 2 is 1.94 bits per heavy atom. The van der Waals surface area contributed by atoms with Crippen molar-refractivity contribution in [1.82, 2.24) is 35.0 Å². The van der Waals surface area contributed by atoms with Crippen molar-refractivity contribution >= 4 is 33.7 Å². The molecule has 0 atom stereocenters. The Kier molecular flexibility index (Phi) is 6.39. The van der Waals surface area contributed by atoms with Gasteiger partial charge in [0.15, 0.2) is 5.01 Å². The van der Waals surface area contributed by atoms with Crippen LogP contribution in [0.4, 0.5) is 15.6 Å². The van der Waals surface area contributed by atoms with E-state index in [0.29, 0.717) is 31.7 Å². The van der Waals surface area contributed by atoms with Gasteiger partial charge in [-0.25, -0.2) is 9.31 Å². The van der Waals surface area contributed by atoms with Gasteiger partial charge < -0.3 is 20.4 Å². The number of nitriles is 1. The predicted molar refractivity (Wildman–Crippen MR) is 139 cm³/mol. The number of nitrogens with one attached hydrogen (secondary N) is 2. The lowest BCUT2D eigenvalue weighted by Gasteiger charge is -2.33. The summed E-state index contributed by atoms with van der Waals surface area (Å²) in [6, 6.07) is 9.94. The van der Waals surface area contributed by atoms with Gasteiger partial charge in [-0.05, 0) is 38.1 Å². The van der Waals surface area contributed by atoms with Crippen LogP contribution in [0.2, 0.25) is 0 Å². The zero-order chi connectivity index (χ0) is 25.2. The van der Waals surface area contributed by atoms with Gasteiger partial charge in [0.2, 0.25) is 5.13 Å². The van der Waals surface area contributed by atoms with Gasteiger partial charge in [0.05, 0.1) is 34.2 Å². The average Bonchev–Trinajstić information content (AvgIpc) is 3.55. The van der Waals surface area contributed by atoms with Crippen LogP contribution in [0.3, 0.4) is 0 Å². The molecule has 2 N–H and O–H groups in total. The zero-order valence-corrected chi connectivity index (χ0v) is 21.1. The fourth-order valence-corrected chi connectivity index (χ4v) is 5.08. The number of urea groups is 1. The smallest absolute Gasteiger partial charge is 0.317 e. The Morgan fingerprint density at radius 3 is 2.67 bits per heavy atom. The minimum Gasteiger partial charge on any atom is -0.382 e. The number of rotatable bonds is 5. The fraction of sp³-hybridized carbons (Fsp3) is 0.333. The first-order chi connectivity index (χ1) is 17.5. The number of pyridine rings is 1. The van der Waals surface area contributed by atoms with Crippen molar-refractivity contribution in [2.24, 2.45) is 0 Å². The molecule has 0 radical (unpaired) electrons. The molecule has 0 spiro atoms. The SMILES string of the molecule is CNC(=O)N1CCN(c2nnc(-c3cnc(-c4ccc5cc(C#N)cnn45)cc3NC(C)C)s2)CC1. The molecule has 4 aromatic heterocycles. The monoisotopic (exact) mass is 502 g/mol. The molecule has 0 bridgehead atoms. The third-order valence-electron chi connectivity index (χ3n) is 5.94. The molecule has 5 heterocycles. The first-order valence-corrected chi connectivity index (χ1v) is 12.5. The van der Waals surface area contributed by atoms with E-state index in [0.717, 1.165) is 38.3 Å². The molecule has 11 nitrogen and oxygen atoms in total. The molecule has 0 saturated carbocycles. The number of amides is 2. The van der Waals surface area contributed by atoms with Crippen molar-refractivity contribution in [3.05, 3.63) is 42.2 Å². The van der Waals surface area contributed by atoms with Gasteiger partial charge in [-0.15, -0.1) is 10.2 Å². The van der Waals surface area contributed by atoms with Crippen LogP contribution >= 0.6 is 11.3 Å². The van der Waals surface area contributed by atoms with E-state index in [1.165, 1.54) is 11.3 Å². The van der Waals surface area contributed by atoms with E-state index in [2.05, 4.69) is 50.7 Å². The van der Waals surface area contributed by atoms with E-state index in [9.17, 15) is 4.79 Å². The van der Waals surface area contributed by atoms with E-state index in [4.69, 9.17) is 10.2 Å². The summed E-state index contributed by atoms with van der Waals surface area (Å²) >= 11 is 1.52. The molecule has 36 heavy (non-hydrogen) atoms. The van der Waals surface area contributed by atoms with Crippen molar-refractivity contribution in [3.63, 3.8) is 0 Å². The van der Waals surface area contributed by atoms with Crippen molar-refractivity contribution in [2.45, 2.75) is 19.9 Å². The summed E-state index contributed by atoms with van der Waals surface area (Å²) in [5.41, 5.74) is 4.72. The Bertz CT molecular complexity index is 1440. The standard InChI is InChI=1S/C24H26N10OS/c1-15(2)29-19-11-20(21-5-4-17-10-16(12-25)13-28-34(17)21)27-14-18(19)22-30-31-24(36-22)33-8-6-32(7-9-33)23(35)26-3/h4-5,10-11,13-15H,6-9H2,1-3H3,(H,26,35)(H,27,29). The summed E-state index contributed by atoms with van der Waals surface area (Å²) in [5.74, 6) is 0. The lowest BCUT2D eigenvalue weighted by Crippen LogP contribution is -2.51. The molecule has 184 valence electrons. The van der Waals surface area contributed by atoms with Crippen molar-refractivity contribution in [2.75, 3.05) is 43.4 Å². The van der Waals surface area contributed by atoms with Gasteiger partial charge in [-0.2, -0.15) is 10.4 Å². The quantitative estimate of drug-likeness (QED) is 0.426. The first-order valence-electron chi connectivity index (χ1n) is 11.7. The van der Waals surface area contributed by atoms with Gasteiger partial charge in [-0.1, -0.05) is 11.3 Å². The molecule has 2 amide bonds. The van der Waals surface area contributed by atoms with Crippen LogP contribution in [-0.4, -0.2) is 75.0 Å². The fourth-order valence-electron chi connectivity index (χ4n) is 4.16. The van der Waals surface area contributed by atoms with E-state index >= 15 is 0 Å². The van der Waals surface area contributed by atoms with Crippen LogP contribution in [0.15, 0.2) is 36.7 Å². The maximum Gasteiger partial charge on any atom is 0.317 e. The van der Waals surface area contributed by atoms with Crippen LogP contribution in [0.5, 0.6) is 0 Å². The number of hydrogen-bond acceptors (Lipinski definition) is 9. The second-order valence-corrected chi connectivity index (χ2v) is 9.70. The van der Waals surface area contributed by atoms with Gasteiger partial charge in [-0.3, -0.25) is 4.98 Å². The number of hydrogen-bond donors (Lipinski definition) is 2. The van der Waals surface area contributed by atoms with Crippen molar-refractivity contribution < 1.29 is 4.79 Å². The number of nitrogens with zero attached hydrogens (tertiary/aromatic N) is 8. The second kappa shape index (κ2) is 9.79. The highest BCUT2D eigenvalue weighted by atomic mass is 32.1. The van der Waals surface area contributed by atoms with Gasteiger partial charge in [0.1, 0.15) is 6.07 Å². The molecule has 1 aliphatic heterocycles. The van der Waals surface area contributed by atoms with E-state index < -0.39 is 0 Å². The minimum atomic E-state index is -0.0559. The summed E-state index contributed by atoms with van der Waals surface area (Å²) in [6.07, 6.45) is 3.37. The topological polar surface area (TPSA) is 127 Å². The van der Waals surface area contributed by atoms with Gasteiger partial charge in [0.25, 0.3) is 0 Å². The molecule has 1 fully saturated rings. The van der Waals surface area contributed by atoms with Crippen LogP contribution in [-0.2, 0) is 0 Å². The highest BCUT2D eigenvalue weighted by Crippen LogP contribution is 2.36. The first kappa shape index (κ1) is 23.5. The number of piperazine rings is 1. The summed E-state index contributed by atoms with van der Waals surface area (Å²) in [6.45, 7) is 6.86. The maximum absolute atomic E-state index is 11.9. The second-order valence-electron chi connectivity index (χ2n) is 8.74. The molecule has 0 unspecified atom stereocenters. The van der Waals surface area contributed by atoms with Crippen LogP contribution < -0.4 is 15.5 Å². The minimum absolute atomic E-state index is 0.0559. The number of fused-ring (bicyclic) bond motifs is 1. The Balaban J connectivity index is 1.43. The predicted octanol–water partition coefficient (Wildman–Crippen LogP) is 3.07. The molecule has 0 aromatic carbocycles. The Labute approximate surface area is 212 Å². The molecule has 4 aromatic rings. The lowest BCUT2D eigenvalue weighted by atomic mass is 10.1. The molecular weight excluding hydrogens is 476 g/mol. The van der Waals surface area contributed by atoms with Crippen LogP contribution in [0.1, 0.15) is 19.4 Å². The third kappa shape index (κ3) is 4.52. The maximum atomic E-state index is 11.9. The summed E-state index contributed by atoms with van der Waals surface area (Å²) in [7, 11) is 1.65. The summed E-state index contributed by atoms with van der Waals surface area (Å²) in [4.78, 5) is 20.6. The van der Waals surface area contributed by atoms with Crippen molar-refractivity contribution in [1.29, 1.82) is 5.26 Å². The third-order valence-corrected chi connectivity index (χ3v) is 6.95. The van der Waals surface area contributed by atoms with Gasteiger partial charge >= 0.3 is 6.03 Å². The summed E-state index contributed by atoms with van der Waals surface area (Å²) < 4.78 is 1.78. The molecule has 1 saturated heterocycles. The highest BCUT2D eigenvalue weighted by molar-refractivity contribution is 7.18. The van der Waals surface area contributed by atoms with Crippen LogP contribution in [0, 0.1) is 11.3 Å². The normalized spacial score (nSPS) is 13.8. The Hall–Kier alpha value is -4.24. The number of aromatic nitrogens is 5. The summed E-state index contributed by atoms with van der Waals surface area (Å²) in [5, 5.41) is 30.3. The number of carbonyl (C=O) groups is 1. The van der Waals surface area contributed by atoms with Crippen molar-refractivity contribution in [3.8, 4) is 28.0 Å². The highest BCUT2D eigenvalue weighted by Gasteiger charge is 2.24. The number of carbonyl (C=O) groups excluding carboxylic acids is 1. The Morgan fingerprint density at radius 1 is 1.14 bits per heavy atom. The van der Waals surface area contributed by atoms with E-state index in [1.807, 2.05) is 24.4 Å². The average molecular weight is 503 g/mol. The lowest BCUT2D eigenvalue weighted by molar-refractivity contribution is 0.196. The molecular formula is C24H26N10OS. The molecule has 1 aliphatic rings. The zero-order valence-electron chi connectivity index (χ0n) is 20.3. The van der Waals surface area contributed by atoms with E-state index in [-0.39, 0.29) is 12.1 Å². The van der Waals surface area contributed by atoms with E-state index in [1.54, 1.807) is 28.7 Å². The largest absolute Gasteiger partial charge is 0.382 e. The number of anilines is 2. The molecule has 5 rings (SSSR count).